The maximum absolute atomic E-state index is 13.2. The van der Waals surface area contributed by atoms with Crippen molar-refractivity contribution in [3.63, 3.8) is 0 Å². The number of benzene rings is 2. The predicted octanol–water partition coefficient (Wildman–Crippen LogP) is 2.58. The lowest BCUT2D eigenvalue weighted by molar-refractivity contribution is -0.120. The fraction of sp³-hybridized carbons (Fsp3) is 0.350. The van der Waals surface area contributed by atoms with E-state index < -0.39 is 21.9 Å². The molecule has 0 saturated carbocycles. The molecule has 0 spiro atoms. The van der Waals surface area contributed by atoms with E-state index in [1.165, 1.54) is 31.8 Å². The molecule has 8 heteroatoms. The lowest BCUT2D eigenvalue weighted by Crippen LogP contribution is -2.47. The minimum Gasteiger partial charge on any atom is -0.352 e. The standard InChI is InChI=1S/C20H26FN3O3S/c1-16(9-10-17-7-5-4-6-8-17)22-20(25)15-24(28(26,27)23(2)3)19-13-11-18(21)12-14-19/h4-8,11-14,16H,9-10,15H2,1-3H3,(H,22,25). The van der Waals surface area contributed by atoms with Gasteiger partial charge in [-0.3, -0.25) is 4.79 Å². The van der Waals surface area contributed by atoms with E-state index in [1.807, 2.05) is 37.3 Å². The highest BCUT2D eigenvalue weighted by atomic mass is 32.2. The highest BCUT2D eigenvalue weighted by molar-refractivity contribution is 7.90. The van der Waals surface area contributed by atoms with Gasteiger partial charge < -0.3 is 5.32 Å². The minimum absolute atomic E-state index is 0.121. The van der Waals surface area contributed by atoms with Crippen LogP contribution < -0.4 is 9.62 Å². The number of aryl methyl sites for hydroxylation is 1. The molecular formula is C20H26FN3O3S. The summed E-state index contributed by atoms with van der Waals surface area (Å²) in [5, 5.41) is 2.84. The normalized spacial score (nSPS) is 12.6. The Morgan fingerprint density at radius 2 is 1.68 bits per heavy atom. The molecule has 0 aliphatic heterocycles. The number of nitrogens with zero attached hydrogens (tertiary/aromatic N) is 2. The van der Waals surface area contributed by atoms with E-state index in [4.69, 9.17) is 0 Å². The molecule has 152 valence electrons. The molecule has 6 nitrogen and oxygen atoms in total. The van der Waals surface area contributed by atoms with Crippen LogP contribution in [0.15, 0.2) is 54.6 Å². The van der Waals surface area contributed by atoms with Crippen molar-refractivity contribution >= 4 is 21.8 Å². The zero-order valence-electron chi connectivity index (χ0n) is 16.3. The molecule has 0 aliphatic rings. The average Bonchev–Trinajstić information content (AvgIpc) is 2.66. The van der Waals surface area contributed by atoms with Crippen LogP contribution in [0.3, 0.4) is 0 Å². The van der Waals surface area contributed by atoms with Crippen molar-refractivity contribution in [1.82, 2.24) is 9.62 Å². The van der Waals surface area contributed by atoms with Gasteiger partial charge in [0.15, 0.2) is 0 Å². The largest absolute Gasteiger partial charge is 0.352 e. The van der Waals surface area contributed by atoms with Crippen LogP contribution in [0.4, 0.5) is 10.1 Å². The van der Waals surface area contributed by atoms with Gasteiger partial charge in [0.2, 0.25) is 5.91 Å². The maximum Gasteiger partial charge on any atom is 0.304 e. The summed E-state index contributed by atoms with van der Waals surface area (Å²) in [4.78, 5) is 12.5. The van der Waals surface area contributed by atoms with Gasteiger partial charge in [0, 0.05) is 20.1 Å². The summed E-state index contributed by atoms with van der Waals surface area (Å²) in [7, 11) is -1.15. The Balaban J connectivity index is 2.04. The summed E-state index contributed by atoms with van der Waals surface area (Å²) in [6.45, 7) is 1.49. The average molecular weight is 408 g/mol. The highest BCUT2D eigenvalue weighted by Gasteiger charge is 2.27. The first-order valence-corrected chi connectivity index (χ1v) is 10.4. The third-order valence-corrected chi connectivity index (χ3v) is 6.08. The van der Waals surface area contributed by atoms with E-state index >= 15 is 0 Å². The molecule has 1 unspecified atom stereocenters. The number of rotatable bonds is 9. The maximum atomic E-state index is 13.2. The predicted molar refractivity (Wildman–Crippen MR) is 109 cm³/mol. The summed E-state index contributed by atoms with van der Waals surface area (Å²) in [6.07, 6.45) is 1.53. The molecule has 0 radical (unpaired) electrons. The van der Waals surface area contributed by atoms with Crippen molar-refractivity contribution in [2.75, 3.05) is 24.9 Å². The Hall–Kier alpha value is -2.45. The lowest BCUT2D eigenvalue weighted by Gasteiger charge is -2.27. The van der Waals surface area contributed by atoms with Crippen LogP contribution in [-0.2, 0) is 21.4 Å². The molecule has 2 aromatic carbocycles. The van der Waals surface area contributed by atoms with Gasteiger partial charge in [-0.2, -0.15) is 12.7 Å². The lowest BCUT2D eigenvalue weighted by atomic mass is 10.1. The van der Waals surface area contributed by atoms with Crippen LogP contribution >= 0.6 is 0 Å². The second-order valence-electron chi connectivity index (χ2n) is 6.77. The Labute approximate surface area is 166 Å². The summed E-state index contributed by atoms with van der Waals surface area (Å²) in [5.41, 5.74) is 1.40. The highest BCUT2D eigenvalue weighted by Crippen LogP contribution is 2.19. The van der Waals surface area contributed by atoms with Crippen LogP contribution in [0, 0.1) is 5.82 Å². The van der Waals surface area contributed by atoms with Gasteiger partial charge in [0.05, 0.1) is 5.69 Å². The molecule has 0 aliphatic carbocycles. The third kappa shape index (κ3) is 6.03. The van der Waals surface area contributed by atoms with Gasteiger partial charge >= 0.3 is 10.2 Å². The molecule has 0 fully saturated rings. The molecule has 0 heterocycles. The topological polar surface area (TPSA) is 69.7 Å². The first kappa shape index (κ1) is 21.8. The SMILES string of the molecule is CC(CCc1ccccc1)NC(=O)CN(c1ccc(F)cc1)S(=O)(=O)N(C)C. The monoisotopic (exact) mass is 407 g/mol. The van der Waals surface area contributed by atoms with E-state index in [9.17, 15) is 17.6 Å². The van der Waals surface area contributed by atoms with Crippen molar-refractivity contribution in [1.29, 1.82) is 0 Å². The quantitative estimate of drug-likeness (QED) is 0.695. The van der Waals surface area contributed by atoms with E-state index in [2.05, 4.69) is 5.32 Å². The van der Waals surface area contributed by atoms with Crippen LogP contribution in [0.5, 0.6) is 0 Å². The Kier molecular flexibility index (Phi) is 7.53. The molecule has 2 aromatic rings. The summed E-state index contributed by atoms with van der Waals surface area (Å²) in [5.74, 6) is -0.903. The first-order chi connectivity index (χ1) is 13.2. The third-order valence-electron chi connectivity index (χ3n) is 4.26. The van der Waals surface area contributed by atoms with Gasteiger partial charge in [-0.1, -0.05) is 30.3 Å². The first-order valence-electron chi connectivity index (χ1n) is 8.99. The summed E-state index contributed by atoms with van der Waals surface area (Å²) in [6, 6.07) is 14.8. The van der Waals surface area contributed by atoms with Gasteiger partial charge in [-0.05, 0) is 49.6 Å². The van der Waals surface area contributed by atoms with Crippen LogP contribution in [0.1, 0.15) is 18.9 Å². The molecule has 1 N–H and O–H groups in total. The van der Waals surface area contributed by atoms with Crippen LogP contribution in [0.25, 0.3) is 0 Å². The van der Waals surface area contributed by atoms with E-state index in [-0.39, 0.29) is 18.3 Å². The number of carbonyl (C=O) groups is 1. The van der Waals surface area contributed by atoms with Gasteiger partial charge in [0.25, 0.3) is 0 Å². The number of hydrogen-bond acceptors (Lipinski definition) is 3. The van der Waals surface area contributed by atoms with E-state index in [1.54, 1.807) is 0 Å². The molecule has 28 heavy (non-hydrogen) atoms. The van der Waals surface area contributed by atoms with Crippen molar-refractivity contribution < 1.29 is 17.6 Å². The molecule has 2 rings (SSSR count). The summed E-state index contributed by atoms with van der Waals surface area (Å²) < 4.78 is 40.4. The Bertz CT molecular complexity index is 871. The van der Waals surface area contributed by atoms with Crippen molar-refractivity contribution in [3.05, 3.63) is 66.0 Å². The van der Waals surface area contributed by atoms with Crippen LogP contribution in [0.2, 0.25) is 0 Å². The van der Waals surface area contributed by atoms with Crippen molar-refractivity contribution in [2.45, 2.75) is 25.8 Å². The smallest absolute Gasteiger partial charge is 0.304 e. The molecule has 0 bridgehead atoms. The second kappa shape index (κ2) is 9.66. The Morgan fingerprint density at radius 3 is 2.25 bits per heavy atom. The number of carbonyl (C=O) groups excluding carboxylic acids is 1. The van der Waals surface area contributed by atoms with Crippen LogP contribution in [-0.4, -0.2) is 45.3 Å². The fourth-order valence-corrected chi connectivity index (χ4v) is 3.72. The van der Waals surface area contributed by atoms with Crippen molar-refractivity contribution in [2.24, 2.45) is 0 Å². The number of hydrogen-bond donors (Lipinski definition) is 1. The van der Waals surface area contributed by atoms with Crippen molar-refractivity contribution in [3.8, 4) is 0 Å². The second-order valence-corrected chi connectivity index (χ2v) is 8.83. The van der Waals surface area contributed by atoms with E-state index in [0.29, 0.717) is 0 Å². The van der Waals surface area contributed by atoms with E-state index in [0.717, 1.165) is 33.6 Å². The Morgan fingerprint density at radius 1 is 1.07 bits per heavy atom. The molecular weight excluding hydrogens is 381 g/mol. The number of halogens is 1. The number of nitrogens with one attached hydrogen (secondary N) is 1. The molecule has 0 aromatic heterocycles. The number of amides is 1. The molecule has 1 atom stereocenters. The number of anilines is 1. The minimum atomic E-state index is -3.91. The fourth-order valence-electron chi connectivity index (χ4n) is 2.66. The molecule has 1 amide bonds. The van der Waals surface area contributed by atoms with Gasteiger partial charge in [-0.25, -0.2) is 8.70 Å². The van der Waals surface area contributed by atoms with Gasteiger partial charge in [-0.15, -0.1) is 0 Å². The summed E-state index contributed by atoms with van der Waals surface area (Å²) >= 11 is 0. The zero-order chi connectivity index (χ0) is 20.7. The van der Waals surface area contributed by atoms with Gasteiger partial charge in [0.1, 0.15) is 12.4 Å². The molecule has 0 saturated heterocycles. The zero-order valence-corrected chi connectivity index (χ0v) is 17.1.